The lowest BCUT2D eigenvalue weighted by molar-refractivity contribution is 0.0989. The van der Waals surface area contributed by atoms with Crippen LogP contribution in [-0.4, -0.2) is 34.5 Å². The molecule has 0 atom stereocenters. The lowest BCUT2D eigenvalue weighted by atomic mass is 10.0. The van der Waals surface area contributed by atoms with Gasteiger partial charge in [0.15, 0.2) is 17.3 Å². The third-order valence-electron chi connectivity index (χ3n) is 6.65. The molecule has 208 valence electrons. The number of methoxy groups -OCH3 is 2. The standard InChI is InChI=1S/C32H28FN3O5/c1-19(2)36-18-21(20-5-7-22(33)8-6-20)13-26(32(36)38)28(37)14-23-9-10-24(17-35-23)41-29-11-12-34-27-16-31(40-4)30(39-3)15-25(27)29/h5-13,15-19H,14H2,1-4H3. The fourth-order valence-corrected chi connectivity index (χ4v) is 4.48. The predicted octanol–water partition coefficient (Wildman–Crippen LogP) is 6.41. The third kappa shape index (κ3) is 5.79. The van der Waals surface area contributed by atoms with Crippen molar-refractivity contribution in [3.63, 3.8) is 0 Å². The summed E-state index contributed by atoms with van der Waals surface area (Å²) in [5, 5.41) is 0.729. The largest absolute Gasteiger partial charge is 0.493 e. The molecule has 3 aromatic heterocycles. The molecule has 0 aliphatic rings. The van der Waals surface area contributed by atoms with E-state index in [9.17, 15) is 14.0 Å². The van der Waals surface area contributed by atoms with Crippen LogP contribution in [0.2, 0.25) is 0 Å². The van der Waals surface area contributed by atoms with E-state index >= 15 is 0 Å². The van der Waals surface area contributed by atoms with Crippen LogP contribution < -0.4 is 19.8 Å². The van der Waals surface area contributed by atoms with Crippen molar-refractivity contribution in [3.8, 4) is 34.1 Å². The highest BCUT2D eigenvalue weighted by atomic mass is 19.1. The van der Waals surface area contributed by atoms with E-state index in [0.29, 0.717) is 45.3 Å². The number of halogens is 1. The molecule has 5 aromatic rings. The van der Waals surface area contributed by atoms with Gasteiger partial charge in [0.2, 0.25) is 0 Å². The molecule has 0 bridgehead atoms. The normalized spacial score (nSPS) is 11.1. The zero-order chi connectivity index (χ0) is 29.1. The number of carbonyl (C=O) groups excluding carboxylic acids is 1. The molecule has 0 spiro atoms. The molecule has 2 aromatic carbocycles. The van der Waals surface area contributed by atoms with Gasteiger partial charge in [0.1, 0.15) is 17.3 Å². The molecule has 0 aliphatic carbocycles. The van der Waals surface area contributed by atoms with Crippen molar-refractivity contribution in [2.75, 3.05) is 14.2 Å². The van der Waals surface area contributed by atoms with Gasteiger partial charge in [-0.25, -0.2) is 4.39 Å². The Hall–Kier alpha value is -5.05. The number of rotatable bonds is 9. The van der Waals surface area contributed by atoms with E-state index in [1.807, 2.05) is 13.8 Å². The van der Waals surface area contributed by atoms with Crippen molar-refractivity contribution < 1.29 is 23.4 Å². The van der Waals surface area contributed by atoms with Gasteiger partial charge in [-0.15, -0.1) is 0 Å². The smallest absolute Gasteiger partial charge is 0.261 e. The lowest BCUT2D eigenvalue weighted by Crippen LogP contribution is -2.28. The van der Waals surface area contributed by atoms with Crippen LogP contribution in [0.3, 0.4) is 0 Å². The molecule has 9 heteroatoms. The maximum absolute atomic E-state index is 13.5. The molecule has 0 N–H and O–H groups in total. The number of Topliss-reactive ketones (excluding diaryl/α,β-unsaturated/α-hetero) is 1. The lowest BCUT2D eigenvalue weighted by Gasteiger charge is -2.15. The first-order valence-electron chi connectivity index (χ1n) is 13.0. The van der Waals surface area contributed by atoms with Crippen LogP contribution in [-0.2, 0) is 6.42 Å². The minimum Gasteiger partial charge on any atom is -0.493 e. The maximum Gasteiger partial charge on any atom is 0.261 e. The van der Waals surface area contributed by atoms with Crippen molar-refractivity contribution >= 4 is 16.7 Å². The van der Waals surface area contributed by atoms with Crippen molar-refractivity contribution in [1.82, 2.24) is 14.5 Å². The van der Waals surface area contributed by atoms with Gasteiger partial charge in [-0.3, -0.25) is 19.6 Å². The SMILES string of the molecule is COc1cc2nccc(Oc3ccc(CC(=O)c4cc(-c5ccc(F)cc5)cn(C(C)C)c4=O)nc3)c2cc1OC. The van der Waals surface area contributed by atoms with Crippen molar-refractivity contribution in [1.29, 1.82) is 0 Å². The Morgan fingerprint density at radius 2 is 1.63 bits per heavy atom. The summed E-state index contributed by atoms with van der Waals surface area (Å²) < 4.78 is 31.8. The molecule has 5 rings (SSSR count). The van der Waals surface area contributed by atoms with Gasteiger partial charge >= 0.3 is 0 Å². The monoisotopic (exact) mass is 553 g/mol. The zero-order valence-corrected chi connectivity index (χ0v) is 23.1. The van der Waals surface area contributed by atoms with Gasteiger partial charge < -0.3 is 18.8 Å². The fraction of sp³-hybridized carbons (Fsp3) is 0.188. The Morgan fingerprint density at radius 3 is 2.29 bits per heavy atom. The predicted molar refractivity (Wildman–Crippen MR) is 154 cm³/mol. The first-order chi connectivity index (χ1) is 19.8. The maximum atomic E-state index is 13.5. The van der Waals surface area contributed by atoms with Crippen LogP contribution in [0.4, 0.5) is 4.39 Å². The number of hydrogen-bond acceptors (Lipinski definition) is 7. The number of carbonyl (C=O) groups is 1. The summed E-state index contributed by atoms with van der Waals surface area (Å²) in [6.07, 6.45) is 4.77. The Kier molecular flexibility index (Phi) is 7.78. The molecular weight excluding hydrogens is 525 g/mol. The number of aromatic nitrogens is 3. The molecule has 0 saturated heterocycles. The van der Waals surface area contributed by atoms with Crippen LogP contribution in [0.25, 0.3) is 22.0 Å². The molecule has 8 nitrogen and oxygen atoms in total. The van der Waals surface area contributed by atoms with E-state index in [0.717, 1.165) is 5.39 Å². The van der Waals surface area contributed by atoms with Gasteiger partial charge in [-0.1, -0.05) is 12.1 Å². The summed E-state index contributed by atoms with van der Waals surface area (Å²) in [4.78, 5) is 35.2. The van der Waals surface area contributed by atoms with E-state index in [4.69, 9.17) is 14.2 Å². The average Bonchev–Trinajstić information content (AvgIpc) is 2.98. The number of hydrogen-bond donors (Lipinski definition) is 0. The molecule has 0 aliphatic heterocycles. The Balaban J connectivity index is 1.39. The van der Waals surface area contributed by atoms with Crippen LogP contribution in [0.1, 0.15) is 35.9 Å². The summed E-state index contributed by atoms with van der Waals surface area (Å²) in [5.41, 5.74) is 2.18. The summed E-state index contributed by atoms with van der Waals surface area (Å²) in [6, 6.07) is 16.0. The highest BCUT2D eigenvalue weighted by Crippen LogP contribution is 2.36. The van der Waals surface area contributed by atoms with E-state index in [1.54, 1.807) is 75.1 Å². The van der Waals surface area contributed by atoms with Gasteiger partial charge in [0.05, 0.1) is 37.9 Å². The number of benzene rings is 2. The molecule has 41 heavy (non-hydrogen) atoms. The molecule has 0 unspecified atom stereocenters. The van der Waals surface area contributed by atoms with Gasteiger partial charge in [-0.05, 0) is 67.4 Å². The summed E-state index contributed by atoms with van der Waals surface area (Å²) >= 11 is 0. The number of fused-ring (bicyclic) bond motifs is 1. The van der Waals surface area contributed by atoms with Gasteiger partial charge in [-0.2, -0.15) is 0 Å². The van der Waals surface area contributed by atoms with E-state index in [2.05, 4.69) is 9.97 Å². The minimum atomic E-state index is -0.382. The molecule has 0 amide bonds. The van der Waals surface area contributed by atoms with Crippen LogP contribution in [0.15, 0.2) is 84.0 Å². The Morgan fingerprint density at radius 1 is 0.902 bits per heavy atom. The van der Waals surface area contributed by atoms with Gasteiger partial charge in [0, 0.05) is 35.6 Å². The third-order valence-corrected chi connectivity index (χ3v) is 6.65. The van der Waals surface area contributed by atoms with Crippen molar-refractivity contribution in [2.24, 2.45) is 0 Å². The number of pyridine rings is 3. The number of ether oxygens (including phenoxy) is 3. The first kappa shape index (κ1) is 27.5. The van der Waals surface area contributed by atoms with E-state index < -0.39 is 0 Å². The van der Waals surface area contributed by atoms with Gasteiger partial charge in [0.25, 0.3) is 5.56 Å². The summed E-state index contributed by atoms with van der Waals surface area (Å²) in [7, 11) is 3.12. The molecule has 0 saturated carbocycles. The van der Waals surface area contributed by atoms with Crippen LogP contribution in [0, 0.1) is 5.82 Å². The Labute approximate surface area is 236 Å². The second-order valence-electron chi connectivity index (χ2n) is 9.68. The second-order valence-corrected chi connectivity index (χ2v) is 9.68. The highest BCUT2D eigenvalue weighted by molar-refractivity contribution is 5.98. The highest BCUT2D eigenvalue weighted by Gasteiger charge is 2.18. The molecule has 0 fully saturated rings. The quantitative estimate of drug-likeness (QED) is 0.195. The van der Waals surface area contributed by atoms with Crippen LogP contribution in [0.5, 0.6) is 23.0 Å². The molecule has 0 radical (unpaired) electrons. The van der Waals surface area contributed by atoms with E-state index in [-0.39, 0.29) is 35.2 Å². The average molecular weight is 554 g/mol. The topological polar surface area (TPSA) is 92.5 Å². The van der Waals surface area contributed by atoms with E-state index in [1.165, 1.54) is 22.9 Å². The fourth-order valence-electron chi connectivity index (χ4n) is 4.48. The Bertz CT molecular complexity index is 1780. The number of nitrogens with zero attached hydrogens (tertiary/aromatic N) is 3. The zero-order valence-electron chi connectivity index (χ0n) is 23.1. The van der Waals surface area contributed by atoms with Crippen LogP contribution >= 0.6 is 0 Å². The van der Waals surface area contributed by atoms with Crippen molar-refractivity contribution in [3.05, 3.63) is 107 Å². The summed E-state index contributed by atoms with van der Waals surface area (Å²) in [5.74, 6) is 1.39. The first-order valence-corrected chi connectivity index (χ1v) is 13.0. The molecule has 3 heterocycles. The van der Waals surface area contributed by atoms with Crippen molar-refractivity contribution in [2.45, 2.75) is 26.3 Å². The molecular formula is C32H28FN3O5. The minimum absolute atomic E-state index is 0.0512. The number of ketones is 1. The second kappa shape index (κ2) is 11.6. The summed E-state index contributed by atoms with van der Waals surface area (Å²) in [6.45, 7) is 3.73.